The van der Waals surface area contributed by atoms with Gasteiger partial charge in [0.25, 0.3) is 0 Å². The van der Waals surface area contributed by atoms with Crippen LogP contribution in [0.2, 0.25) is 0 Å². The van der Waals surface area contributed by atoms with Gasteiger partial charge >= 0.3 is 6.72 Å². The molecule has 0 unspecified atom stereocenters. The van der Waals surface area contributed by atoms with Crippen LogP contribution < -0.4 is 0 Å². The summed E-state index contributed by atoms with van der Waals surface area (Å²) in [6, 6.07) is 0. The molecule has 0 spiro atoms. The summed E-state index contributed by atoms with van der Waals surface area (Å²) in [5.74, 6) is 0. The van der Waals surface area contributed by atoms with Crippen LogP contribution in [0, 0.1) is 0 Å². The molecule has 0 radical (unpaired) electrons. The van der Waals surface area contributed by atoms with Crippen molar-refractivity contribution in [3.8, 4) is 0 Å². The zero-order valence-corrected chi connectivity index (χ0v) is 16.2. The van der Waals surface area contributed by atoms with Crippen molar-refractivity contribution in [1.82, 2.24) is 0 Å². The van der Waals surface area contributed by atoms with E-state index in [-0.39, 0.29) is 0 Å². The van der Waals surface area contributed by atoms with Crippen LogP contribution in [0.3, 0.4) is 0 Å². The van der Waals surface area contributed by atoms with E-state index in [4.69, 9.17) is 14.3 Å². The molecule has 0 bridgehead atoms. The average Bonchev–Trinajstić information content (AvgIpc) is 2.45. The number of hydrogen-bond donors (Lipinski definition) is 2. The second-order valence-electron chi connectivity index (χ2n) is 6.27. The lowest BCUT2D eigenvalue weighted by Crippen LogP contribution is -1.92. The van der Waals surface area contributed by atoms with Crippen LogP contribution in [0.5, 0.6) is 0 Å². The summed E-state index contributed by atoms with van der Waals surface area (Å²) < 4.78 is 4.78. The molecule has 3 nitrogen and oxygen atoms in total. The van der Waals surface area contributed by atoms with E-state index in [9.17, 15) is 0 Å². The molecule has 0 aromatic heterocycles. The third-order valence-electron chi connectivity index (χ3n) is 4.01. The second-order valence-corrected chi connectivity index (χ2v) is 8.94. The highest BCUT2D eigenvalue weighted by atomic mass is 32.5. The Kier molecular flexibility index (Phi) is 16.8. The first-order valence-corrected chi connectivity index (χ1v) is 11.9. The lowest BCUT2D eigenvalue weighted by Gasteiger charge is -2.07. The largest absolute Gasteiger partial charge is 0.325 e. The maximum Gasteiger partial charge on any atom is 0.321 e. The molecule has 0 saturated carbocycles. The number of unbranched alkanes of at least 4 members (excludes halogenated alkanes) is 14. The van der Waals surface area contributed by atoms with Gasteiger partial charge in [0.15, 0.2) is 0 Å². The Bertz CT molecular complexity index is 269. The minimum absolute atomic E-state index is 0.378. The highest BCUT2D eigenvalue weighted by molar-refractivity contribution is 8.06. The maximum atomic E-state index is 8.89. The van der Waals surface area contributed by atoms with Crippen LogP contribution in [0.15, 0.2) is 0 Å². The Morgan fingerprint density at radius 2 is 0.955 bits per heavy atom. The van der Waals surface area contributed by atoms with Crippen LogP contribution in [0.1, 0.15) is 103 Å². The Morgan fingerprint density at radius 1 is 0.636 bits per heavy atom. The van der Waals surface area contributed by atoms with Crippen LogP contribution in [0.25, 0.3) is 0 Å². The highest BCUT2D eigenvalue weighted by Crippen LogP contribution is 2.36. The third kappa shape index (κ3) is 20.5. The Labute approximate surface area is 143 Å². The first-order valence-electron chi connectivity index (χ1n) is 9.26. The Hall–Kier alpha value is 0.530. The van der Waals surface area contributed by atoms with E-state index in [1.807, 2.05) is 0 Å². The smallest absolute Gasteiger partial charge is 0.321 e. The summed E-state index contributed by atoms with van der Waals surface area (Å²) in [4.78, 5) is 17.8. The minimum Gasteiger partial charge on any atom is -0.325 e. The standard InChI is InChI=1S/C17H37O3PS/c1-2-3-4-5-6-7-8-9-10-11-12-13-14-15-16-17-20-21(18,19)22/h2-17H2,1H3,(H2,18,19,22). The fraction of sp³-hybridized carbons (Fsp3) is 1.00. The fourth-order valence-electron chi connectivity index (χ4n) is 2.66. The molecule has 0 rings (SSSR count). The Balaban J connectivity index is 3.01. The summed E-state index contributed by atoms with van der Waals surface area (Å²) >= 11 is 4.39. The van der Waals surface area contributed by atoms with Crippen LogP contribution in [0.4, 0.5) is 0 Å². The predicted octanol–water partition coefficient (Wildman–Crippen LogP) is 6.08. The highest BCUT2D eigenvalue weighted by Gasteiger charge is 2.06. The lowest BCUT2D eigenvalue weighted by molar-refractivity contribution is 0.245. The molecule has 134 valence electrons. The molecule has 0 heterocycles. The molecular formula is C17H37O3PS. The predicted molar refractivity (Wildman–Crippen MR) is 99.6 cm³/mol. The van der Waals surface area contributed by atoms with Crippen LogP contribution >= 0.6 is 6.72 Å². The van der Waals surface area contributed by atoms with E-state index in [0.29, 0.717) is 6.61 Å². The van der Waals surface area contributed by atoms with Crippen molar-refractivity contribution in [3.63, 3.8) is 0 Å². The fourth-order valence-corrected chi connectivity index (χ4v) is 3.25. The van der Waals surface area contributed by atoms with Gasteiger partial charge in [-0.1, -0.05) is 96.8 Å². The molecule has 0 aliphatic heterocycles. The van der Waals surface area contributed by atoms with Gasteiger partial charge in [0.1, 0.15) is 0 Å². The summed E-state index contributed by atoms with van der Waals surface area (Å²) in [6.07, 6.45) is 19.8. The van der Waals surface area contributed by atoms with Gasteiger partial charge in [-0.2, -0.15) is 0 Å². The van der Waals surface area contributed by atoms with E-state index >= 15 is 0 Å². The van der Waals surface area contributed by atoms with Crippen molar-refractivity contribution < 1.29 is 14.3 Å². The van der Waals surface area contributed by atoms with E-state index in [2.05, 4.69) is 18.7 Å². The molecule has 22 heavy (non-hydrogen) atoms. The van der Waals surface area contributed by atoms with Crippen LogP contribution in [-0.4, -0.2) is 16.4 Å². The van der Waals surface area contributed by atoms with Gasteiger partial charge in [0.2, 0.25) is 0 Å². The average molecular weight is 353 g/mol. The topological polar surface area (TPSA) is 49.7 Å². The van der Waals surface area contributed by atoms with Gasteiger partial charge in [-0.25, -0.2) is 0 Å². The van der Waals surface area contributed by atoms with E-state index < -0.39 is 6.72 Å². The van der Waals surface area contributed by atoms with Gasteiger partial charge in [0.05, 0.1) is 6.61 Å². The first-order chi connectivity index (χ1) is 10.6. The van der Waals surface area contributed by atoms with E-state index in [0.717, 1.165) is 12.8 Å². The zero-order chi connectivity index (χ0) is 16.5. The summed E-state index contributed by atoms with van der Waals surface area (Å²) in [5, 5.41) is 0. The van der Waals surface area contributed by atoms with Crippen molar-refractivity contribution in [2.45, 2.75) is 103 Å². The van der Waals surface area contributed by atoms with Gasteiger partial charge in [0, 0.05) is 0 Å². The second kappa shape index (κ2) is 16.4. The van der Waals surface area contributed by atoms with E-state index in [1.54, 1.807) is 0 Å². The molecule has 2 N–H and O–H groups in total. The van der Waals surface area contributed by atoms with Gasteiger partial charge in [-0.3, -0.25) is 0 Å². The molecule has 5 heteroatoms. The zero-order valence-electron chi connectivity index (χ0n) is 14.5. The molecule has 0 atom stereocenters. The molecular weight excluding hydrogens is 315 g/mol. The monoisotopic (exact) mass is 352 g/mol. The Morgan fingerprint density at radius 3 is 1.27 bits per heavy atom. The molecule has 0 fully saturated rings. The molecule has 0 aliphatic carbocycles. The van der Waals surface area contributed by atoms with Gasteiger partial charge in [-0.05, 0) is 18.2 Å². The summed E-state index contributed by atoms with van der Waals surface area (Å²) in [6.45, 7) is -0.775. The van der Waals surface area contributed by atoms with Crippen molar-refractivity contribution in [2.75, 3.05) is 6.61 Å². The minimum atomic E-state index is -3.42. The van der Waals surface area contributed by atoms with Gasteiger partial charge in [-0.15, -0.1) is 0 Å². The van der Waals surface area contributed by atoms with Crippen molar-refractivity contribution in [2.24, 2.45) is 0 Å². The third-order valence-corrected chi connectivity index (χ3v) is 4.84. The quantitative estimate of drug-likeness (QED) is 0.246. The van der Waals surface area contributed by atoms with Crippen molar-refractivity contribution in [1.29, 1.82) is 0 Å². The van der Waals surface area contributed by atoms with Crippen molar-refractivity contribution in [3.05, 3.63) is 0 Å². The van der Waals surface area contributed by atoms with E-state index in [1.165, 1.54) is 83.5 Å². The lowest BCUT2D eigenvalue weighted by atomic mass is 10.0. The number of rotatable bonds is 17. The molecule has 0 aliphatic rings. The SMILES string of the molecule is CCCCCCCCCCCCCCCCCOP(O)(O)=S. The van der Waals surface area contributed by atoms with Crippen LogP contribution in [-0.2, 0) is 16.3 Å². The molecule has 0 aromatic rings. The summed E-state index contributed by atoms with van der Waals surface area (Å²) in [7, 11) is 0. The molecule has 0 aromatic carbocycles. The maximum absolute atomic E-state index is 8.89. The van der Waals surface area contributed by atoms with Gasteiger partial charge < -0.3 is 14.3 Å². The molecule has 0 amide bonds. The number of hydrogen-bond acceptors (Lipinski definition) is 2. The molecule has 0 saturated heterocycles. The normalized spacial score (nSPS) is 12.0. The van der Waals surface area contributed by atoms with Crippen molar-refractivity contribution >= 4 is 18.5 Å². The first kappa shape index (κ1) is 22.5. The summed E-state index contributed by atoms with van der Waals surface area (Å²) in [5.41, 5.74) is 0.